The summed E-state index contributed by atoms with van der Waals surface area (Å²) in [7, 11) is 0. The highest BCUT2D eigenvalue weighted by Crippen LogP contribution is 2.14. The lowest BCUT2D eigenvalue weighted by molar-refractivity contribution is -0.139. The fourth-order valence-corrected chi connectivity index (χ4v) is 1.72. The third-order valence-electron chi connectivity index (χ3n) is 2.50. The molecule has 0 aliphatic carbocycles. The second-order valence-corrected chi connectivity index (χ2v) is 5.42. The summed E-state index contributed by atoms with van der Waals surface area (Å²) in [5, 5.41) is 17.1. The van der Waals surface area contributed by atoms with E-state index >= 15 is 0 Å². The summed E-state index contributed by atoms with van der Waals surface area (Å²) in [5.41, 5.74) is 3.01. The van der Waals surface area contributed by atoms with Crippen molar-refractivity contribution >= 4 is 45.1 Å². The zero-order valence-electron chi connectivity index (χ0n) is 12.4. The van der Waals surface area contributed by atoms with Crippen molar-refractivity contribution in [2.75, 3.05) is 18.5 Å². The highest BCUT2D eigenvalue weighted by atomic mass is 79.9. The zero-order chi connectivity index (χ0) is 17.2. The summed E-state index contributed by atoms with van der Waals surface area (Å²) in [6.07, 6.45) is -0.0331. The molecule has 1 aromatic rings. The summed E-state index contributed by atoms with van der Waals surface area (Å²) < 4.78 is 0.899. The number of aliphatic hydroxyl groups is 1. The predicted molar refractivity (Wildman–Crippen MR) is 88.7 cm³/mol. The maximum absolute atomic E-state index is 11.8. The molecule has 0 fully saturated rings. The standard InChI is InChI=1S/C14H17BrN4O4/c1-9(18-19-14(23)13(22)16-6-7-20)8-12(21)17-11-4-2-10(15)3-5-11/h2-5,20H,6-8H2,1H3,(H,16,22)(H,17,21)(H,19,23)/b18-9+. The minimum atomic E-state index is -0.967. The van der Waals surface area contributed by atoms with Crippen LogP contribution < -0.4 is 16.1 Å². The maximum atomic E-state index is 11.8. The minimum Gasteiger partial charge on any atom is -0.395 e. The first kappa shape index (κ1) is 18.8. The monoisotopic (exact) mass is 384 g/mol. The molecule has 0 heterocycles. The Balaban J connectivity index is 2.43. The minimum absolute atomic E-state index is 0.0233. The van der Waals surface area contributed by atoms with Crippen molar-refractivity contribution in [3.8, 4) is 0 Å². The lowest BCUT2D eigenvalue weighted by Crippen LogP contribution is -2.39. The SMILES string of the molecule is C/C(CC(=O)Nc1ccc(Br)cc1)=N\NC(=O)C(=O)NCCO. The maximum Gasteiger partial charge on any atom is 0.329 e. The molecular formula is C14H17BrN4O4. The normalized spacial score (nSPS) is 10.8. The number of hydrogen-bond donors (Lipinski definition) is 4. The van der Waals surface area contributed by atoms with Crippen LogP contribution in [0, 0.1) is 0 Å². The number of halogens is 1. The van der Waals surface area contributed by atoms with Crippen molar-refractivity contribution < 1.29 is 19.5 Å². The molecule has 0 radical (unpaired) electrons. The van der Waals surface area contributed by atoms with Crippen LogP contribution in [-0.4, -0.2) is 41.7 Å². The molecule has 3 amide bonds. The third-order valence-corrected chi connectivity index (χ3v) is 3.02. The molecule has 0 unspecified atom stereocenters. The van der Waals surface area contributed by atoms with Gasteiger partial charge in [-0.1, -0.05) is 15.9 Å². The van der Waals surface area contributed by atoms with E-state index in [4.69, 9.17) is 5.11 Å². The molecule has 0 bridgehead atoms. The van der Waals surface area contributed by atoms with Gasteiger partial charge in [-0.3, -0.25) is 14.4 Å². The van der Waals surface area contributed by atoms with Gasteiger partial charge in [-0.05, 0) is 31.2 Å². The lowest BCUT2D eigenvalue weighted by atomic mass is 10.2. The Morgan fingerprint density at radius 1 is 1.17 bits per heavy atom. The molecule has 1 aromatic carbocycles. The average Bonchev–Trinajstić information content (AvgIpc) is 2.52. The van der Waals surface area contributed by atoms with Gasteiger partial charge in [0.05, 0.1) is 13.0 Å². The van der Waals surface area contributed by atoms with Crippen molar-refractivity contribution in [3.63, 3.8) is 0 Å². The molecule has 4 N–H and O–H groups in total. The first-order chi connectivity index (χ1) is 10.9. The van der Waals surface area contributed by atoms with E-state index in [1.165, 1.54) is 0 Å². The molecule has 0 aliphatic rings. The highest BCUT2D eigenvalue weighted by Gasteiger charge is 2.12. The van der Waals surface area contributed by atoms with Crippen LogP contribution in [0.5, 0.6) is 0 Å². The number of nitrogens with one attached hydrogen (secondary N) is 3. The van der Waals surface area contributed by atoms with Crippen molar-refractivity contribution in [3.05, 3.63) is 28.7 Å². The van der Waals surface area contributed by atoms with Gasteiger partial charge in [0.2, 0.25) is 5.91 Å². The zero-order valence-corrected chi connectivity index (χ0v) is 14.0. The van der Waals surface area contributed by atoms with Gasteiger partial charge in [-0.2, -0.15) is 5.10 Å². The van der Waals surface area contributed by atoms with Crippen LogP contribution in [0.2, 0.25) is 0 Å². The van der Waals surface area contributed by atoms with E-state index in [1.54, 1.807) is 31.2 Å². The van der Waals surface area contributed by atoms with Gasteiger partial charge >= 0.3 is 11.8 Å². The Hall–Kier alpha value is -2.26. The molecule has 0 saturated heterocycles. The molecule has 124 valence electrons. The quantitative estimate of drug-likeness (QED) is 0.321. The molecule has 0 aromatic heterocycles. The number of carbonyl (C=O) groups is 3. The summed E-state index contributed by atoms with van der Waals surface area (Å²) in [4.78, 5) is 34.4. The van der Waals surface area contributed by atoms with Crippen LogP contribution in [-0.2, 0) is 14.4 Å². The number of nitrogens with zero attached hydrogens (tertiary/aromatic N) is 1. The third kappa shape index (κ3) is 7.52. The molecule has 0 spiro atoms. The highest BCUT2D eigenvalue weighted by molar-refractivity contribution is 9.10. The van der Waals surface area contributed by atoms with Gasteiger partial charge in [-0.25, -0.2) is 5.43 Å². The van der Waals surface area contributed by atoms with Gasteiger partial charge in [-0.15, -0.1) is 0 Å². The fourth-order valence-electron chi connectivity index (χ4n) is 1.46. The summed E-state index contributed by atoms with van der Waals surface area (Å²) >= 11 is 3.29. The van der Waals surface area contributed by atoms with E-state index in [9.17, 15) is 14.4 Å². The first-order valence-electron chi connectivity index (χ1n) is 6.70. The number of hydrogen-bond acceptors (Lipinski definition) is 5. The van der Waals surface area contributed by atoms with Crippen LogP contribution in [0.4, 0.5) is 5.69 Å². The molecule has 0 atom stereocenters. The number of benzene rings is 1. The average molecular weight is 385 g/mol. The largest absolute Gasteiger partial charge is 0.395 e. The number of rotatable bonds is 6. The van der Waals surface area contributed by atoms with E-state index in [2.05, 4.69) is 31.7 Å². The van der Waals surface area contributed by atoms with E-state index in [0.717, 1.165) is 4.47 Å². The van der Waals surface area contributed by atoms with Crippen LogP contribution in [0.1, 0.15) is 13.3 Å². The topological polar surface area (TPSA) is 120 Å². The van der Waals surface area contributed by atoms with Crippen molar-refractivity contribution in [2.45, 2.75) is 13.3 Å². The Labute approximate surface area is 141 Å². The predicted octanol–water partition coefficient (Wildman–Crippen LogP) is 0.378. The van der Waals surface area contributed by atoms with Gasteiger partial charge in [0, 0.05) is 22.4 Å². The second kappa shape index (κ2) is 9.70. The van der Waals surface area contributed by atoms with Gasteiger partial charge in [0.15, 0.2) is 0 Å². The Morgan fingerprint density at radius 2 is 1.83 bits per heavy atom. The van der Waals surface area contributed by atoms with E-state index in [1.807, 2.05) is 5.43 Å². The van der Waals surface area contributed by atoms with Gasteiger partial charge < -0.3 is 15.7 Å². The van der Waals surface area contributed by atoms with E-state index < -0.39 is 11.8 Å². The first-order valence-corrected chi connectivity index (χ1v) is 7.49. The Morgan fingerprint density at radius 3 is 2.43 bits per heavy atom. The molecule has 9 heteroatoms. The number of aliphatic hydroxyl groups excluding tert-OH is 1. The number of amides is 3. The fraction of sp³-hybridized carbons (Fsp3) is 0.286. The summed E-state index contributed by atoms with van der Waals surface area (Å²) in [5.74, 6) is -2.17. The van der Waals surface area contributed by atoms with E-state index in [-0.39, 0.29) is 25.5 Å². The molecule has 23 heavy (non-hydrogen) atoms. The van der Waals surface area contributed by atoms with Crippen LogP contribution in [0.25, 0.3) is 0 Å². The van der Waals surface area contributed by atoms with Crippen molar-refractivity contribution in [1.29, 1.82) is 0 Å². The second-order valence-electron chi connectivity index (χ2n) is 4.50. The van der Waals surface area contributed by atoms with Gasteiger partial charge in [0.25, 0.3) is 0 Å². The molecular weight excluding hydrogens is 368 g/mol. The van der Waals surface area contributed by atoms with Crippen molar-refractivity contribution in [1.82, 2.24) is 10.7 Å². The number of anilines is 1. The van der Waals surface area contributed by atoms with Gasteiger partial charge in [0.1, 0.15) is 0 Å². The lowest BCUT2D eigenvalue weighted by Gasteiger charge is -2.06. The van der Waals surface area contributed by atoms with Crippen LogP contribution in [0.3, 0.4) is 0 Å². The smallest absolute Gasteiger partial charge is 0.329 e. The van der Waals surface area contributed by atoms with E-state index in [0.29, 0.717) is 11.4 Å². The Bertz CT molecular complexity index is 601. The van der Waals surface area contributed by atoms with Crippen LogP contribution >= 0.6 is 15.9 Å². The molecule has 0 aliphatic heterocycles. The molecule has 0 saturated carbocycles. The summed E-state index contributed by atoms with van der Waals surface area (Å²) in [6, 6.07) is 7.06. The van der Waals surface area contributed by atoms with Crippen molar-refractivity contribution in [2.24, 2.45) is 5.10 Å². The molecule has 8 nitrogen and oxygen atoms in total. The Kier molecular flexibility index (Phi) is 7.92. The van der Waals surface area contributed by atoms with Crippen LogP contribution in [0.15, 0.2) is 33.8 Å². The molecule has 1 rings (SSSR count). The number of hydrazone groups is 1. The number of carbonyl (C=O) groups excluding carboxylic acids is 3. The summed E-state index contributed by atoms with van der Waals surface area (Å²) in [6.45, 7) is 1.26.